The molecule has 2 rings (SSSR count). The molecule has 2 atom stereocenters. The van der Waals surface area contributed by atoms with Gasteiger partial charge in [0.2, 0.25) is 11.8 Å². The summed E-state index contributed by atoms with van der Waals surface area (Å²) in [5.41, 5.74) is 0. The molecule has 2 saturated carbocycles. The average molecular weight is 348 g/mol. The van der Waals surface area contributed by atoms with Crippen molar-refractivity contribution in [3.63, 3.8) is 0 Å². The zero-order chi connectivity index (χ0) is 15.9. The largest absolute Gasteiger partial charge is 0.390 e. The summed E-state index contributed by atoms with van der Waals surface area (Å²) >= 11 is 2.63. The Bertz CT molecular complexity index is 353. The molecule has 0 aromatic carbocycles. The van der Waals surface area contributed by atoms with E-state index in [1.807, 2.05) is 0 Å². The lowest BCUT2D eigenvalue weighted by Crippen LogP contribution is -2.33. The minimum atomic E-state index is -0.877. The summed E-state index contributed by atoms with van der Waals surface area (Å²) in [6, 6.07) is 0.698. The van der Waals surface area contributed by atoms with E-state index in [0.29, 0.717) is 35.1 Å². The zero-order valence-corrected chi connectivity index (χ0v) is 14.1. The Morgan fingerprint density at radius 2 is 1.23 bits per heavy atom. The predicted octanol–water partition coefficient (Wildman–Crippen LogP) is -0.268. The Morgan fingerprint density at radius 3 is 1.55 bits per heavy atom. The highest BCUT2D eigenvalue weighted by atomic mass is 32.2. The number of carbonyl (C=O) groups excluding carboxylic acids is 2. The second-order valence-electron chi connectivity index (χ2n) is 5.85. The van der Waals surface area contributed by atoms with Gasteiger partial charge in [0.05, 0.1) is 23.7 Å². The first-order valence-corrected chi connectivity index (χ1v) is 9.96. The molecule has 0 aliphatic heterocycles. The van der Waals surface area contributed by atoms with Crippen LogP contribution < -0.4 is 10.6 Å². The average Bonchev–Trinajstić information content (AvgIpc) is 3.35. The van der Waals surface area contributed by atoms with Gasteiger partial charge in [-0.1, -0.05) is 0 Å². The summed E-state index contributed by atoms with van der Waals surface area (Å²) in [4.78, 5) is 22.9. The van der Waals surface area contributed by atoms with Crippen molar-refractivity contribution >= 4 is 35.3 Å². The van der Waals surface area contributed by atoms with Crippen molar-refractivity contribution < 1.29 is 19.8 Å². The number of hydrogen-bond donors (Lipinski definition) is 4. The Morgan fingerprint density at radius 1 is 0.864 bits per heavy atom. The second-order valence-corrected chi connectivity index (χ2v) is 7.91. The van der Waals surface area contributed by atoms with Crippen LogP contribution in [0, 0.1) is 0 Å². The molecule has 2 fully saturated rings. The van der Waals surface area contributed by atoms with Crippen LogP contribution in [-0.2, 0) is 9.59 Å². The number of hydrogen-bond acceptors (Lipinski definition) is 6. The van der Waals surface area contributed by atoms with E-state index < -0.39 is 12.2 Å². The smallest absolute Gasteiger partial charge is 0.230 e. The van der Waals surface area contributed by atoms with Crippen LogP contribution in [0.5, 0.6) is 0 Å². The fourth-order valence-corrected chi connectivity index (χ4v) is 3.46. The van der Waals surface area contributed by atoms with Gasteiger partial charge >= 0.3 is 0 Å². The van der Waals surface area contributed by atoms with Crippen LogP contribution in [0.1, 0.15) is 25.7 Å². The highest BCUT2D eigenvalue weighted by Crippen LogP contribution is 2.19. The lowest BCUT2D eigenvalue weighted by molar-refractivity contribution is -0.119. The van der Waals surface area contributed by atoms with E-state index >= 15 is 0 Å². The number of amides is 2. The second kappa shape index (κ2) is 9.00. The van der Waals surface area contributed by atoms with E-state index in [1.54, 1.807) is 0 Å². The van der Waals surface area contributed by atoms with Crippen LogP contribution in [0.15, 0.2) is 0 Å². The molecule has 8 heteroatoms. The molecule has 0 spiro atoms. The number of aliphatic hydroxyl groups excluding tert-OH is 2. The van der Waals surface area contributed by atoms with Gasteiger partial charge in [-0.2, -0.15) is 0 Å². The van der Waals surface area contributed by atoms with Gasteiger partial charge in [0, 0.05) is 23.6 Å². The summed E-state index contributed by atoms with van der Waals surface area (Å²) in [6.07, 6.45) is 2.48. The third kappa shape index (κ3) is 7.71. The Kier molecular flexibility index (Phi) is 7.33. The molecule has 0 heterocycles. The van der Waals surface area contributed by atoms with E-state index in [4.69, 9.17) is 0 Å². The molecule has 0 aromatic rings. The van der Waals surface area contributed by atoms with Crippen molar-refractivity contribution in [3.8, 4) is 0 Å². The summed E-state index contributed by atoms with van der Waals surface area (Å²) in [6.45, 7) is 0. The lowest BCUT2D eigenvalue weighted by Gasteiger charge is -2.17. The Labute approximate surface area is 139 Å². The van der Waals surface area contributed by atoms with Crippen molar-refractivity contribution in [2.24, 2.45) is 0 Å². The third-order valence-electron chi connectivity index (χ3n) is 3.37. The Hall–Kier alpha value is -0.440. The quantitative estimate of drug-likeness (QED) is 0.410. The van der Waals surface area contributed by atoms with E-state index in [9.17, 15) is 19.8 Å². The molecule has 0 saturated heterocycles. The van der Waals surface area contributed by atoms with Gasteiger partial charge < -0.3 is 20.8 Å². The fraction of sp³-hybridized carbons (Fsp3) is 0.857. The van der Waals surface area contributed by atoms with Crippen LogP contribution in [0.25, 0.3) is 0 Å². The molecule has 126 valence electrons. The predicted molar refractivity (Wildman–Crippen MR) is 89.0 cm³/mol. The highest BCUT2D eigenvalue weighted by Gasteiger charge is 2.24. The molecular formula is C14H24N2O4S2. The van der Waals surface area contributed by atoms with Crippen molar-refractivity contribution in [1.82, 2.24) is 10.6 Å². The van der Waals surface area contributed by atoms with Gasteiger partial charge in [-0.25, -0.2) is 0 Å². The molecule has 0 aromatic heterocycles. The first-order chi connectivity index (χ1) is 10.5. The number of carbonyl (C=O) groups is 2. The zero-order valence-electron chi connectivity index (χ0n) is 12.5. The van der Waals surface area contributed by atoms with Crippen LogP contribution in [0.3, 0.4) is 0 Å². The van der Waals surface area contributed by atoms with Gasteiger partial charge in [-0.15, -0.1) is 23.5 Å². The SMILES string of the molecule is O=C(CSC[C@H](O)[C@@H](O)CSCC(=O)NC1CC1)NC1CC1. The maximum atomic E-state index is 11.5. The maximum absolute atomic E-state index is 11.5. The summed E-state index contributed by atoms with van der Waals surface area (Å²) in [5, 5.41) is 25.4. The van der Waals surface area contributed by atoms with E-state index in [-0.39, 0.29) is 11.8 Å². The molecule has 4 N–H and O–H groups in total. The van der Waals surface area contributed by atoms with Crippen molar-refractivity contribution in [1.29, 1.82) is 0 Å². The number of nitrogens with one attached hydrogen (secondary N) is 2. The molecular weight excluding hydrogens is 324 g/mol. The monoisotopic (exact) mass is 348 g/mol. The molecule has 6 nitrogen and oxygen atoms in total. The molecule has 2 aliphatic rings. The van der Waals surface area contributed by atoms with Crippen LogP contribution in [0.4, 0.5) is 0 Å². The third-order valence-corrected chi connectivity index (χ3v) is 5.46. The van der Waals surface area contributed by atoms with Crippen molar-refractivity contribution in [3.05, 3.63) is 0 Å². The van der Waals surface area contributed by atoms with E-state index in [2.05, 4.69) is 10.6 Å². The minimum Gasteiger partial charge on any atom is -0.390 e. The first-order valence-electron chi connectivity index (χ1n) is 7.65. The number of aliphatic hydroxyl groups is 2. The van der Waals surface area contributed by atoms with Crippen LogP contribution >= 0.6 is 23.5 Å². The van der Waals surface area contributed by atoms with Gasteiger partial charge in [0.1, 0.15) is 0 Å². The van der Waals surface area contributed by atoms with Crippen molar-refractivity contribution in [2.45, 2.75) is 50.0 Å². The van der Waals surface area contributed by atoms with Gasteiger partial charge in [0.15, 0.2) is 0 Å². The lowest BCUT2D eigenvalue weighted by atomic mass is 10.3. The van der Waals surface area contributed by atoms with E-state index in [1.165, 1.54) is 23.5 Å². The molecule has 22 heavy (non-hydrogen) atoms. The fourth-order valence-electron chi connectivity index (χ4n) is 1.76. The number of thioether (sulfide) groups is 2. The molecule has 0 unspecified atom stereocenters. The van der Waals surface area contributed by atoms with Crippen LogP contribution in [-0.4, -0.2) is 69.3 Å². The van der Waals surface area contributed by atoms with Gasteiger partial charge in [-0.05, 0) is 25.7 Å². The normalized spacial score (nSPS) is 20.3. The number of rotatable bonds is 11. The van der Waals surface area contributed by atoms with Crippen LogP contribution in [0.2, 0.25) is 0 Å². The van der Waals surface area contributed by atoms with Crippen molar-refractivity contribution in [2.75, 3.05) is 23.0 Å². The Balaban J connectivity index is 1.47. The summed E-state index contributed by atoms with van der Waals surface area (Å²) < 4.78 is 0. The molecule has 0 bridgehead atoms. The maximum Gasteiger partial charge on any atom is 0.230 e. The summed E-state index contributed by atoms with van der Waals surface area (Å²) in [7, 11) is 0. The summed E-state index contributed by atoms with van der Waals surface area (Å²) in [5.74, 6) is 1.21. The molecule has 2 aliphatic carbocycles. The van der Waals surface area contributed by atoms with Gasteiger partial charge in [0.25, 0.3) is 0 Å². The topological polar surface area (TPSA) is 98.7 Å². The minimum absolute atomic E-state index is 0.0136. The standard InChI is InChI=1S/C14H24N2O4S2/c17-11(5-21-7-13(19)15-9-1-2-9)12(18)6-22-8-14(20)16-10-3-4-10/h9-12,17-18H,1-8H2,(H,15,19)(H,16,20)/t11-,12-/m0/s1. The van der Waals surface area contributed by atoms with Gasteiger partial charge in [-0.3, -0.25) is 9.59 Å². The van der Waals surface area contributed by atoms with E-state index in [0.717, 1.165) is 25.7 Å². The molecule has 2 amide bonds. The highest BCUT2D eigenvalue weighted by molar-refractivity contribution is 8.00. The molecule has 0 radical (unpaired) electrons. The first kappa shape index (κ1) is 17.9.